The number of fused-ring (bicyclic) bond motifs is 1. The minimum atomic E-state index is 0.318. The van der Waals surface area contributed by atoms with E-state index in [0.717, 1.165) is 28.7 Å². The van der Waals surface area contributed by atoms with Crippen molar-refractivity contribution in [2.45, 2.75) is 13.3 Å². The summed E-state index contributed by atoms with van der Waals surface area (Å²) in [7, 11) is 0. The molecule has 3 rings (SSSR count). The highest BCUT2D eigenvalue weighted by Crippen LogP contribution is 2.21. The monoisotopic (exact) mass is 239 g/mol. The van der Waals surface area contributed by atoms with E-state index in [1.54, 1.807) is 10.9 Å². The van der Waals surface area contributed by atoms with Crippen molar-refractivity contribution in [3.8, 4) is 11.4 Å². The molecule has 4 nitrogen and oxygen atoms in total. The van der Waals surface area contributed by atoms with Crippen LogP contribution in [-0.2, 0) is 6.42 Å². The van der Waals surface area contributed by atoms with E-state index in [0.29, 0.717) is 5.75 Å². The highest BCUT2D eigenvalue weighted by molar-refractivity contribution is 5.73. The van der Waals surface area contributed by atoms with Crippen LogP contribution in [0.4, 0.5) is 0 Å². The van der Waals surface area contributed by atoms with Crippen LogP contribution >= 0.6 is 0 Å². The summed E-state index contributed by atoms with van der Waals surface area (Å²) in [4.78, 5) is 1.60. The van der Waals surface area contributed by atoms with E-state index in [4.69, 9.17) is 0 Å². The fourth-order valence-corrected chi connectivity index (χ4v) is 1.95. The summed E-state index contributed by atoms with van der Waals surface area (Å²) in [5.41, 5.74) is 3.49. The third kappa shape index (κ3) is 1.72. The molecule has 0 saturated heterocycles. The topological polar surface area (TPSA) is 50.9 Å². The van der Waals surface area contributed by atoms with Gasteiger partial charge >= 0.3 is 0 Å². The number of phenols is 1. The van der Waals surface area contributed by atoms with Crippen LogP contribution in [0.5, 0.6) is 5.75 Å². The Morgan fingerprint density at radius 1 is 1.06 bits per heavy atom. The molecule has 18 heavy (non-hydrogen) atoms. The van der Waals surface area contributed by atoms with Crippen molar-refractivity contribution in [1.29, 1.82) is 0 Å². The summed E-state index contributed by atoms with van der Waals surface area (Å²) in [6.45, 7) is 2.01. The Morgan fingerprint density at radius 2 is 1.72 bits per heavy atom. The van der Waals surface area contributed by atoms with E-state index in [-0.39, 0.29) is 0 Å². The molecule has 0 amide bonds. The minimum Gasteiger partial charge on any atom is -0.508 e. The normalized spacial score (nSPS) is 10.9. The van der Waals surface area contributed by atoms with Crippen LogP contribution in [0.3, 0.4) is 0 Å². The summed E-state index contributed by atoms with van der Waals surface area (Å²) >= 11 is 0. The SMILES string of the molecule is CCc1cc(-n2nc3ccccc3n2)ccc1O. The highest BCUT2D eigenvalue weighted by Gasteiger charge is 2.06. The fourth-order valence-electron chi connectivity index (χ4n) is 1.95. The summed E-state index contributed by atoms with van der Waals surface area (Å²) in [6, 6.07) is 13.1. The van der Waals surface area contributed by atoms with Crippen molar-refractivity contribution in [3.05, 3.63) is 48.0 Å². The van der Waals surface area contributed by atoms with E-state index >= 15 is 0 Å². The lowest BCUT2D eigenvalue weighted by molar-refractivity contribution is 0.468. The van der Waals surface area contributed by atoms with Crippen molar-refractivity contribution < 1.29 is 5.11 Å². The van der Waals surface area contributed by atoms with Crippen LogP contribution in [0.1, 0.15) is 12.5 Å². The van der Waals surface area contributed by atoms with Crippen LogP contribution in [0.15, 0.2) is 42.5 Å². The first-order valence-corrected chi connectivity index (χ1v) is 5.92. The van der Waals surface area contributed by atoms with Gasteiger partial charge in [-0.25, -0.2) is 0 Å². The number of phenolic OH excluding ortho intramolecular Hbond substituents is 1. The Kier molecular flexibility index (Phi) is 2.48. The van der Waals surface area contributed by atoms with Gasteiger partial charge in [-0.05, 0) is 42.3 Å². The lowest BCUT2D eigenvalue weighted by Crippen LogP contribution is -1.99. The van der Waals surface area contributed by atoms with Crippen molar-refractivity contribution in [1.82, 2.24) is 15.0 Å². The van der Waals surface area contributed by atoms with Crippen molar-refractivity contribution in [3.63, 3.8) is 0 Å². The summed E-state index contributed by atoms with van der Waals surface area (Å²) in [5.74, 6) is 0.318. The number of benzene rings is 2. The number of nitrogens with zero attached hydrogens (tertiary/aromatic N) is 3. The molecule has 0 aliphatic heterocycles. The summed E-state index contributed by atoms with van der Waals surface area (Å²) in [6.07, 6.45) is 0.778. The second kappa shape index (κ2) is 4.14. The number of hydrogen-bond donors (Lipinski definition) is 1. The minimum absolute atomic E-state index is 0.318. The number of aromatic nitrogens is 3. The van der Waals surface area contributed by atoms with Gasteiger partial charge in [-0.1, -0.05) is 19.1 Å². The maximum atomic E-state index is 9.67. The first kappa shape index (κ1) is 10.8. The van der Waals surface area contributed by atoms with Crippen LogP contribution < -0.4 is 0 Å². The molecule has 1 heterocycles. The number of hydrogen-bond acceptors (Lipinski definition) is 3. The Balaban J connectivity index is 2.13. The van der Waals surface area contributed by atoms with Gasteiger partial charge in [0.2, 0.25) is 0 Å². The van der Waals surface area contributed by atoms with Crippen molar-refractivity contribution in [2.24, 2.45) is 0 Å². The molecule has 0 aliphatic carbocycles. The summed E-state index contributed by atoms with van der Waals surface area (Å²) in [5, 5.41) is 18.5. The zero-order chi connectivity index (χ0) is 12.5. The molecule has 4 heteroatoms. The largest absolute Gasteiger partial charge is 0.508 e. The zero-order valence-electron chi connectivity index (χ0n) is 10.0. The Morgan fingerprint density at radius 3 is 2.33 bits per heavy atom. The molecule has 0 aliphatic rings. The predicted molar refractivity (Wildman–Crippen MR) is 69.9 cm³/mol. The first-order chi connectivity index (χ1) is 8.78. The van der Waals surface area contributed by atoms with Gasteiger partial charge in [-0.15, -0.1) is 10.2 Å². The van der Waals surface area contributed by atoms with E-state index in [1.807, 2.05) is 43.3 Å². The molecule has 1 N–H and O–H groups in total. The number of rotatable bonds is 2. The quantitative estimate of drug-likeness (QED) is 0.748. The Labute approximate surface area is 104 Å². The molecule has 0 bridgehead atoms. The average molecular weight is 239 g/mol. The lowest BCUT2D eigenvalue weighted by atomic mass is 10.1. The van der Waals surface area contributed by atoms with Gasteiger partial charge in [0, 0.05) is 0 Å². The zero-order valence-corrected chi connectivity index (χ0v) is 10.0. The molecule has 0 fully saturated rings. The van der Waals surface area contributed by atoms with Gasteiger partial charge in [-0.2, -0.15) is 4.80 Å². The van der Waals surface area contributed by atoms with Crippen molar-refractivity contribution in [2.75, 3.05) is 0 Å². The van der Waals surface area contributed by atoms with Gasteiger partial charge in [0.15, 0.2) is 0 Å². The predicted octanol–water partition coefficient (Wildman–Crippen LogP) is 2.69. The Bertz CT molecular complexity index is 670. The highest BCUT2D eigenvalue weighted by atomic mass is 16.3. The number of aromatic hydroxyl groups is 1. The van der Waals surface area contributed by atoms with Crippen LogP contribution in [-0.4, -0.2) is 20.1 Å². The van der Waals surface area contributed by atoms with Gasteiger partial charge in [0.1, 0.15) is 16.8 Å². The molecule has 1 aromatic heterocycles. The van der Waals surface area contributed by atoms with Gasteiger partial charge < -0.3 is 5.11 Å². The van der Waals surface area contributed by atoms with Gasteiger partial charge in [0.05, 0.1) is 5.69 Å². The molecule has 0 atom stereocenters. The van der Waals surface area contributed by atoms with Crippen LogP contribution in [0, 0.1) is 0 Å². The molecule has 90 valence electrons. The fraction of sp³-hybridized carbons (Fsp3) is 0.143. The second-order valence-corrected chi connectivity index (χ2v) is 4.14. The maximum absolute atomic E-state index is 9.67. The molecule has 0 unspecified atom stereocenters. The molecule has 2 aromatic carbocycles. The van der Waals surface area contributed by atoms with Gasteiger partial charge in [-0.3, -0.25) is 0 Å². The summed E-state index contributed by atoms with van der Waals surface area (Å²) < 4.78 is 0. The smallest absolute Gasteiger partial charge is 0.118 e. The maximum Gasteiger partial charge on any atom is 0.118 e. The Hall–Kier alpha value is -2.36. The molecular weight excluding hydrogens is 226 g/mol. The standard InChI is InChI=1S/C14H13N3O/c1-2-10-9-11(7-8-14(10)18)17-15-12-5-3-4-6-13(12)16-17/h3-9,18H,2H2,1H3. The third-order valence-corrected chi connectivity index (χ3v) is 2.96. The average Bonchev–Trinajstić information content (AvgIpc) is 2.83. The molecular formula is C14H13N3O. The van der Waals surface area contributed by atoms with E-state index < -0.39 is 0 Å². The second-order valence-electron chi connectivity index (χ2n) is 4.14. The van der Waals surface area contributed by atoms with E-state index in [9.17, 15) is 5.11 Å². The third-order valence-electron chi connectivity index (χ3n) is 2.96. The molecule has 3 aromatic rings. The van der Waals surface area contributed by atoms with E-state index in [2.05, 4.69) is 10.2 Å². The number of aryl methyl sites for hydroxylation is 1. The molecule has 0 radical (unpaired) electrons. The molecule has 0 saturated carbocycles. The molecule has 0 spiro atoms. The van der Waals surface area contributed by atoms with E-state index in [1.165, 1.54) is 0 Å². The lowest BCUT2D eigenvalue weighted by Gasteiger charge is -2.04. The first-order valence-electron chi connectivity index (χ1n) is 5.92. The van der Waals surface area contributed by atoms with Crippen LogP contribution in [0.2, 0.25) is 0 Å². The van der Waals surface area contributed by atoms with Crippen molar-refractivity contribution >= 4 is 11.0 Å². The van der Waals surface area contributed by atoms with Crippen LogP contribution in [0.25, 0.3) is 16.7 Å². The van der Waals surface area contributed by atoms with Gasteiger partial charge in [0.25, 0.3) is 0 Å².